The molecule has 1 saturated carbocycles. The van der Waals surface area contributed by atoms with Gasteiger partial charge in [-0.25, -0.2) is 5.48 Å². The fourth-order valence-electron chi connectivity index (χ4n) is 2.85. The van der Waals surface area contributed by atoms with E-state index in [1.165, 1.54) is 18.6 Å². The lowest BCUT2D eigenvalue weighted by Crippen LogP contribution is -2.49. The van der Waals surface area contributed by atoms with Gasteiger partial charge in [-0.1, -0.05) is 31.4 Å². The van der Waals surface area contributed by atoms with Crippen molar-refractivity contribution < 1.29 is 14.9 Å². The van der Waals surface area contributed by atoms with E-state index in [9.17, 15) is 14.9 Å². The lowest BCUT2D eigenvalue weighted by molar-refractivity contribution is -0.384. The summed E-state index contributed by atoms with van der Waals surface area (Å²) >= 11 is 0. The summed E-state index contributed by atoms with van der Waals surface area (Å²) in [6.07, 6.45) is 5.93. The molecular formula is C15H21N3O4. The van der Waals surface area contributed by atoms with Gasteiger partial charge in [0.15, 0.2) is 0 Å². The molecule has 1 aliphatic carbocycles. The molecule has 3 N–H and O–H groups in total. The number of nitro groups is 1. The minimum atomic E-state index is -0.547. The number of carbonyl (C=O) groups excluding carboxylic acids is 1. The molecule has 1 aromatic rings. The molecule has 1 atom stereocenters. The zero-order chi connectivity index (χ0) is 15.9. The highest BCUT2D eigenvalue weighted by Crippen LogP contribution is 2.19. The Bertz CT molecular complexity index is 512. The molecule has 0 heterocycles. The first-order valence-corrected chi connectivity index (χ1v) is 7.53. The van der Waals surface area contributed by atoms with Crippen LogP contribution in [0, 0.1) is 10.1 Å². The third-order valence-corrected chi connectivity index (χ3v) is 4.06. The van der Waals surface area contributed by atoms with Crippen LogP contribution in [-0.4, -0.2) is 28.1 Å². The number of nitrogens with zero attached hydrogens (tertiary/aromatic N) is 1. The molecule has 0 aromatic heterocycles. The molecule has 22 heavy (non-hydrogen) atoms. The SMILES string of the molecule is O=C(NO)[C@H](Cc1ccc([N+](=O)[O-])cc1)NC1CCCCC1. The summed E-state index contributed by atoms with van der Waals surface area (Å²) in [5.74, 6) is -0.482. The number of hydroxylamine groups is 1. The largest absolute Gasteiger partial charge is 0.303 e. The highest BCUT2D eigenvalue weighted by atomic mass is 16.6. The maximum Gasteiger partial charge on any atom is 0.269 e. The maximum absolute atomic E-state index is 11.8. The molecule has 2 rings (SSSR count). The van der Waals surface area contributed by atoms with Crippen molar-refractivity contribution in [2.45, 2.75) is 50.6 Å². The van der Waals surface area contributed by atoms with Crippen LogP contribution < -0.4 is 10.8 Å². The highest BCUT2D eigenvalue weighted by molar-refractivity contribution is 5.81. The Morgan fingerprint density at radius 3 is 2.45 bits per heavy atom. The number of non-ortho nitro benzene ring substituents is 1. The van der Waals surface area contributed by atoms with Gasteiger partial charge in [0.1, 0.15) is 0 Å². The number of amides is 1. The smallest absolute Gasteiger partial charge is 0.269 e. The van der Waals surface area contributed by atoms with Gasteiger partial charge in [-0.3, -0.25) is 20.1 Å². The summed E-state index contributed by atoms with van der Waals surface area (Å²) in [4.78, 5) is 22.0. The van der Waals surface area contributed by atoms with E-state index in [4.69, 9.17) is 5.21 Å². The Kier molecular flexibility index (Phi) is 5.85. The summed E-state index contributed by atoms with van der Waals surface area (Å²) in [7, 11) is 0. The van der Waals surface area contributed by atoms with Crippen molar-refractivity contribution in [2.24, 2.45) is 0 Å². The Hall–Kier alpha value is -1.99. The van der Waals surface area contributed by atoms with E-state index in [0.717, 1.165) is 31.2 Å². The van der Waals surface area contributed by atoms with Crippen LogP contribution in [0.25, 0.3) is 0 Å². The highest BCUT2D eigenvalue weighted by Gasteiger charge is 2.23. The zero-order valence-corrected chi connectivity index (χ0v) is 12.3. The van der Waals surface area contributed by atoms with Crippen LogP contribution in [0.2, 0.25) is 0 Å². The predicted octanol–water partition coefficient (Wildman–Crippen LogP) is 1.93. The van der Waals surface area contributed by atoms with Crippen molar-refractivity contribution in [1.29, 1.82) is 0 Å². The molecule has 1 aromatic carbocycles. The zero-order valence-electron chi connectivity index (χ0n) is 12.3. The molecule has 1 aliphatic rings. The average molecular weight is 307 g/mol. The molecule has 1 amide bonds. The number of nitro benzene ring substituents is 1. The number of hydrogen-bond acceptors (Lipinski definition) is 5. The third-order valence-electron chi connectivity index (χ3n) is 4.06. The summed E-state index contributed by atoms with van der Waals surface area (Å²) in [5, 5.41) is 22.8. The van der Waals surface area contributed by atoms with Crippen molar-refractivity contribution >= 4 is 11.6 Å². The standard InChI is InChI=1S/C15H21N3O4/c19-15(17-20)14(16-12-4-2-1-3-5-12)10-11-6-8-13(9-7-11)18(21)22/h6-9,12,14,16,20H,1-5,10H2,(H,17,19)/t14-/m0/s1. The molecule has 7 heteroatoms. The molecule has 120 valence electrons. The molecule has 7 nitrogen and oxygen atoms in total. The quantitative estimate of drug-likeness (QED) is 0.423. The van der Waals surface area contributed by atoms with Crippen molar-refractivity contribution in [3.63, 3.8) is 0 Å². The van der Waals surface area contributed by atoms with Gasteiger partial charge in [0.05, 0.1) is 11.0 Å². The van der Waals surface area contributed by atoms with Crippen molar-refractivity contribution in [3.8, 4) is 0 Å². The molecule has 0 saturated heterocycles. The molecule has 0 spiro atoms. The Balaban J connectivity index is 2.02. The first kappa shape index (κ1) is 16.4. The minimum Gasteiger partial charge on any atom is -0.303 e. The van der Waals surface area contributed by atoms with Gasteiger partial charge < -0.3 is 5.32 Å². The van der Waals surface area contributed by atoms with Crippen LogP contribution in [0.3, 0.4) is 0 Å². The maximum atomic E-state index is 11.8. The van der Waals surface area contributed by atoms with E-state index in [2.05, 4.69) is 5.32 Å². The van der Waals surface area contributed by atoms with Gasteiger partial charge in [0.2, 0.25) is 0 Å². The van der Waals surface area contributed by atoms with Gasteiger partial charge in [-0.2, -0.15) is 0 Å². The normalized spacial score (nSPS) is 17.0. The summed E-state index contributed by atoms with van der Waals surface area (Å²) in [6, 6.07) is 5.84. The van der Waals surface area contributed by atoms with Gasteiger partial charge in [-0.15, -0.1) is 0 Å². The topological polar surface area (TPSA) is 104 Å². The van der Waals surface area contributed by atoms with Gasteiger partial charge in [-0.05, 0) is 24.8 Å². The van der Waals surface area contributed by atoms with E-state index in [0.29, 0.717) is 6.42 Å². The lowest BCUT2D eigenvalue weighted by atomic mass is 9.94. The Morgan fingerprint density at radius 2 is 1.91 bits per heavy atom. The number of rotatable bonds is 6. The summed E-state index contributed by atoms with van der Waals surface area (Å²) < 4.78 is 0. The molecule has 0 unspecified atom stereocenters. The van der Waals surface area contributed by atoms with E-state index in [1.54, 1.807) is 17.6 Å². The van der Waals surface area contributed by atoms with E-state index in [1.807, 2.05) is 0 Å². The van der Waals surface area contributed by atoms with Crippen LogP contribution in [0.15, 0.2) is 24.3 Å². The lowest BCUT2D eigenvalue weighted by Gasteiger charge is -2.27. The number of carbonyl (C=O) groups is 1. The summed E-state index contributed by atoms with van der Waals surface area (Å²) in [6.45, 7) is 0. The molecule has 0 bridgehead atoms. The first-order chi connectivity index (χ1) is 10.6. The van der Waals surface area contributed by atoms with E-state index >= 15 is 0 Å². The number of benzene rings is 1. The minimum absolute atomic E-state index is 0.0205. The van der Waals surface area contributed by atoms with E-state index < -0.39 is 16.9 Å². The number of hydrogen-bond donors (Lipinski definition) is 3. The van der Waals surface area contributed by atoms with Gasteiger partial charge in [0.25, 0.3) is 11.6 Å². The fourth-order valence-corrected chi connectivity index (χ4v) is 2.85. The van der Waals surface area contributed by atoms with Gasteiger partial charge >= 0.3 is 0 Å². The van der Waals surface area contributed by atoms with Crippen molar-refractivity contribution in [3.05, 3.63) is 39.9 Å². The number of nitrogens with one attached hydrogen (secondary N) is 2. The van der Waals surface area contributed by atoms with Gasteiger partial charge in [0, 0.05) is 18.2 Å². The molecule has 1 fully saturated rings. The first-order valence-electron chi connectivity index (χ1n) is 7.53. The van der Waals surface area contributed by atoms with Crippen LogP contribution in [-0.2, 0) is 11.2 Å². The van der Waals surface area contributed by atoms with Crippen LogP contribution >= 0.6 is 0 Å². The van der Waals surface area contributed by atoms with E-state index in [-0.39, 0.29) is 11.7 Å². The molecular weight excluding hydrogens is 286 g/mol. The Labute approximate surface area is 128 Å². The second kappa shape index (κ2) is 7.86. The average Bonchev–Trinajstić information content (AvgIpc) is 2.55. The molecule has 0 radical (unpaired) electrons. The third kappa shape index (κ3) is 4.51. The monoisotopic (exact) mass is 307 g/mol. The van der Waals surface area contributed by atoms with Crippen molar-refractivity contribution in [1.82, 2.24) is 10.8 Å². The second-order valence-corrected chi connectivity index (χ2v) is 5.66. The predicted molar refractivity (Wildman–Crippen MR) is 80.5 cm³/mol. The van der Waals surface area contributed by atoms with Crippen LogP contribution in [0.5, 0.6) is 0 Å². The Morgan fingerprint density at radius 1 is 1.27 bits per heavy atom. The summed E-state index contributed by atoms with van der Waals surface area (Å²) in [5.41, 5.74) is 2.52. The van der Waals surface area contributed by atoms with Crippen molar-refractivity contribution in [2.75, 3.05) is 0 Å². The van der Waals surface area contributed by atoms with Crippen LogP contribution in [0.1, 0.15) is 37.7 Å². The fraction of sp³-hybridized carbons (Fsp3) is 0.533. The van der Waals surface area contributed by atoms with Crippen LogP contribution in [0.4, 0.5) is 5.69 Å². The molecule has 0 aliphatic heterocycles. The second-order valence-electron chi connectivity index (χ2n) is 5.66.